The number of carbonyl (C=O) groups excluding carboxylic acids is 2. The minimum Gasteiger partial charge on any atom is -0.356 e. The molecule has 3 rings (SSSR count). The van der Waals surface area contributed by atoms with E-state index in [0.29, 0.717) is 25.2 Å². The van der Waals surface area contributed by atoms with Crippen LogP contribution < -0.4 is 5.32 Å². The van der Waals surface area contributed by atoms with Gasteiger partial charge in [0, 0.05) is 35.6 Å². The smallest absolute Gasteiger partial charge is 0.253 e. The molecule has 0 radical (unpaired) electrons. The van der Waals surface area contributed by atoms with Crippen molar-refractivity contribution in [2.24, 2.45) is 5.92 Å². The van der Waals surface area contributed by atoms with Gasteiger partial charge in [0.05, 0.1) is 0 Å². The Morgan fingerprint density at radius 2 is 1.76 bits per heavy atom. The van der Waals surface area contributed by atoms with Crippen LogP contribution in [0.2, 0.25) is 0 Å². The lowest BCUT2D eigenvalue weighted by Gasteiger charge is -2.31. The number of aryl methyl sites for hydroxylation is 3. The van der Waals surface area contributed by atoms with Crippen molar-refractivity contribution in [3.63, 3.8) is 0 Å². The Morgan fingerprint density at radius 3 is 2.41 bits per heavy atom. The number of amides is 2. The van der Waals surface area contributed by atoms with Gasteiger partial charge in [-0.25, -0.2) is 0 Å². The number of benzene rings is 2. The zero-order valence-corrected chi connectivity index (χ0v) is 18.8. The zero-order chi connectivity index (χ0) is 20.8. The highest BCUT2D eigenvalue weighted by Gasteiger charge is 2.27. The van der Waals surface area contributed by atoms with Gasteiger partial charge in [-0.3, -0.25) is 9.59 Å². The van der Waals surface area contributed by atoms with Gasteiger partial charge in [-0.1, -0.05) is 39.7 Å². The minimum absolute atomic E-state index is 0.00470. The van der Waals surface area contributed by atoms with Gasteiger partial charge in [0.2, 0.25) is 5.91 Å². The molecule has 5 heteroatoms. The maximum absolute atomic E-state index is 12.6. The Bertz CT molecular complexity index is 856. The summed E-state index contributed by atoms with van der Waals surface area (Å²) in [6.45, 7) is 6.22. The number of hydrogen-bond acceptors (Lipinski definition) is 2. The predicted molar refractivity (Wildman–Crippen MR) is 120 cm³/mol. The van der Waals surface area contributed by atoms with E-state index in [9.17, 15) is 9.59 Å². The summed E-state index contributed by atoms with van der Waals surface area (Å²) < 4.78 is 0.960. The number of piperidine rings is 1. The van der Waals surface area contributed by atoms with Crippen LogP contribution in [0, 0.1) is 19.8 Å². The summed E-state index contributed by atoms with van der Waals surface area (Å²) in [6, 6.07) is 14.0. The molecule has 0 unspecified atom stereocenters. The second-order valence-corrected chi connectivity index (χ2v) is 8.81. The first-order valence-electron chi connectivity index (χ1n) is 10.3. The molecule has 0 atom stereocenters. The molecule has 0 aromatic heterocycles. The molecule has 0 bridgehead atoms. The second kappa shape index (κ2) is 10.1. The molecular formula is C24H29BrN2O2. The third-order valence-corrected chi connectivity index (χ3v) is 6.19. The van der Waals surface area contributed by atoms with Crippen molar-refractivity contribution in [2.45, 2.75) is 39.5 Å². The molecule has 29 heavy (non-hydrogen) atoms. The predicted octanol–water partition coefficient (Wildman–Crippen LogP) is 4.67. The first-order chi connectivity index (χ1) is 13.9. The maximum Gasteiger partial charge on any atom is 0.253 e. The van der Waals surface area contributed by atoms with Crippen molar-refractivity contribution in [1.82, 2.24) is 10.2 Å². The third kappa shape index (κ3) is 5.92. The van der Waals surface area contributed by atoms with Gasteiger partial charge >= 0.3 is 0 Å². The number of halogens is 1. The normalized spacial score (nSPS) is 14.7. The van der Waals surface area contributed by atoms with Crippen LogP contribution in [0.3, 0.4) is 0 Å². The zero-order valence-electron chi connectivity index (χ0n) is 17.2. The van der Waals surface area contributed by atoms with E-state index in [1.807, 2.05) is 29.2 Å². The molecule has 1 heterocycles. The van der Waals surface area contributed by atoms with Crippen LogP contribution in [0.15, 0.2) is 46.9 Å². The highest BCUT2D eigenvalue weighted by molar-refractivity contribution is 9.10. The SMILES string of the molecule is Cc1ccc(CCCNC(=O)C2CCN(C(=O)c3ccc(Br)cc3)CC2)c(C)c1. The number of rotatable bonds is 6. The van der Waals surface area contributed by atoms with Crippen LogP contribution in [0.1, 0.15) is 46.3 Å². The van der Waals surface area contributed by atoms with E-state index >= 15 is 0 Å². The maximum atomic E-state index is 12.6. The first-order valence-corrected chi connectivity index (χ1v) is 11.1. The quantitative estimate of drug-likeness (QED) is 0.642. The molecular weight excluding hydrogens is 428 g/mol. The first kappa shape index (κ1) is 21.6. The molecule has 4 nitrogen and oxygen atoms in total. The highest BCUT2D eigenvalue weighted by Crippen LogP contribution is 2.20. The number of carbonyl (C=O) groups is 2. The Morgan fingerprint density at radius 1 is 1.07 bits per heavy atom. The topological polar surface area (TPSA) is 49.4 Å². The van der Waals surface area contributed by atoms with E-state index < -0.39 is 0 Å². The van der Waals surface area contributed by atoms with Crippen molar-refractivity contribution in [1.29, 1.82) is 0 Å². The number of likely N-dealkylation sites (tertiary alicyclic amines) is 1. The van der Waals surface area contributed by atoms with Crippen molar-refractivity contribution < 1.29 is 9.59 Å². The summed E-state index contributed by atoms with van der Waals surface area (Å²) in [4.78, 5) is 26.9. The van der Waals surface area contributed by atoms with Crippen molar-refractivity contribution in [3.8, 4) is 0 Å². The van der Waals surface area contributed by atoms with Crippen molar-refractivity contribution in [2.75, 3.05) is 19.6 Å². The average molecular weight is 457 g/mol. The number of hydrogen-bond donors (Lipinski definition) is 1. The number of nitrogens with zero attached hydrogens (tertiary/aromatic N) is 1. The summed E-state index contributed by atoms with van der Waals surface area (Å²) in [7, 11) is 0. The molecule has 1 fully saturated rings. The van der Waals surface area contributed by atoms with Crippen LogP contribution in [-0.2, 0) is 11.2 Å². The van der Waals surface area contributed by atoms with Gasteiger partial charge in [0.25, 0.3) is 5.91 Å². The second-order valence-electron chi connectivity index (χ2n) is 7.90. The van der Waals surface area contributed by atoms with Crippen LogP contribution in [-0.4, -0.2) is 36.3 Å². The van der Waals surface area contributed by atoms with Crippen molar-refractivity contribution >= 4 is 27.7 Å². The molecule has 1 aliphatic heterocycles. The van der Waals surface area contributed by atoms with Crippen LogP contribution in [0.5, 0.6) is 0 Å². The third-order valence-electron chi connectivity index (χ3n) is 5.66. The van der Waals surface area contributed by atoms with E-state index in [-0.39, 0.29) is 17.7 Å². The fourth-order valence-electron chi connectivity index (χ4n) is 3.88. The average Bonchev–Trinajstić information content (AvgIpc) is 2.72. The molecule has 1 saturated heterocycles. The summed E-state index contributed by atoms with van der Waals surface area (Å²) in [5, 5.41) is 3.09. The Labute approximate surface area is 181 Å². The Kier molecular flexibility index (Phi) is 7.48. The number of nitrogens with one attached hydrogen (secondary N) is 1. The lowest BCUT2D eigenvalue weighted by Crippen LogP contribution is -2.43. The van der Waals surface area contributed by atoms with Gasteiger partial charge < -0.3 is 10.2 Å². The summed E-state index contributed by atoms with van der Waals surface area (Å²) >= 11 is 3.39. The molecule has 154 valence electrons. The van der Waals surface area contributed by atoms with E-state index in [0.717, 1.165) is 30.2 Å². The van der Waals surface area contributed by atoms with Crippen LogP contribution >= 0.6 is 15.9 Å². The van der Waals surface area contributed by atoms with Crippen molar-refractivity contribution in [3.05, 3.63) is 69.2 Å². The highest BCUT2D eigenvalue weighted by atomic mass is 79.9. The van der Waals surface area contributed by atoms with Gasteiger partial charge in [-0.05, 0) is 74.9 Å². The molecule has 0 spiro atoms. The fourth-order valence-corrected chi connectivity index (χ4v) is 4.15. The molecule has 0 saturated carbocycles. The van der Waals surface area contributed by atoms with Gasteiger partial charge in [0.15, 0.2) is 0 Å². The summed E-state index contributed by atoms with van der Waals surface area (Å²) in [5.74, 6) is 0.177. The lowest BCUT2D eigenvalue weighted by atomic mass is 9.95. The Balaban J connectivity index is 1.39. The molecule has 1 N–H and O–H groups in total. The lowest BCUT2D eigenvalue weighted by molar-refractivity contribution is -0.126. The fraction of sp³-hybridized carbons (Fsp3) is 0.417. The van der Waals surface area contributed by atoms with E-state index in [4.69, 9.17) is 0 Å². The van der Waals surface area contributed by atoms with Gasteiger partial charge in [-0.15, -0.1) is 0 Å². The van der Waals surface area contributed by atoms with Crippen LogP contribution in [0.25, 0.3) is 0 Å². The summed E-state index contributed by atoms with van der Waals surface area (Å²) in [5.41, 5.74) is 4.65. The van der Waals surface area contributed by atoms with Gasteiger partial charge in [0.1, 0.15) is 0 Å². The van der Waals surface area contributed by atoms with E-state index in [2.05, 4.69) is 53.3 Å². The largest absolute Gasteiger partial charge is 0.356 e. The molecule has 2 aromatic rings. The molecule has 1 aliphatic rings. The monoisotopic (exact) mass is 456 g/mol. The standard InChI is InChI=1S/C24H29BrN2O2/c1-17-5-6-19(18(2)16-17)4-3-13-26-23(28)20-11-14-27(15-12-20)24(29)21-7-9-22(25)10-8-21/h5-10,16,20H,3-4,11-15H2,1-2H3,(H,26,28). The van der Waals surface area contributed by atoms with Crippen LogP contribution in [0.4, 0.5) is 0 Å². The molecule has 2 amide bonds. The minimum atomic E-state index is 0.00470. The Hall–Kier alpha value is -2.14. The van der Waals surface area contributed by atoms with E-state index in [1.165, 1.54) is 16.7 Å². The summed E-state index contributed by atoms with van der Waals surface area (Å²) in [6.07, 6.45) is 3.37. The van der Waals surface area contributed by atoms with E-state index in [1.54, 1.807) is 0 Å². The molecule has 2 aromatic carbocycles. The molecule has 0 aliphatic carbocycles. The van der Waals surface area contributed by atoms with Gasteiger partial charge in [-0.2, -0.15) is 0 Å².